The van der Waals surface area contributed by atoms with Crippen LogP contribution >= 0.6 is 0 Å². The van der Waals surface area contributed by atoms with Gasteiger partial charge in [0.05, 0.1) is 6.33 Å². The maximum Gasteiger partial charge on any atom is 0.0946 e. The lowest BCUT2D eigenvalue weighted by Crippen LogP contribution is -1.99. The average Bonchev–Trinajstić information content (AvgIpc) is 2.97. The van der Waals surface area contributed by atoms with Gasteiger partial charge in [-0.15, -0.1) is 0 Å². The lowest BCUT2D eigenvalue weighted by molar-refractivity contribution is 0.695. The van der Waals surface area contributed by atoms with Gasteiger partial charge in [-0.05, 0) is 23.6 Å². The van der Waals surface area contributed by atoms with Crippen LogP contribution in [-0.2, 0) is 13.0 Å². The van der Waals surface area contributed by atoms with Crippen LogP contribution < -0.4 is 5.32 Å². The molecule has 0 amide bonds. The van der Waals surface area contributed by atoms with Crippen molar-refractivity contribution in [1.82, 2.24) is 9.55 Å². The average molecular weight is 227 g/mol. The molecule has 17 heavy (non-hydrogen) atoms. The van der Waals surface area contributed by atoms with Crippen LogP contribution in [0.5, 0.6) is 0 Å². The second-order valence-corrected chi connectivity index (χ2v) is 4.75. The number of aryl methyl sites for hydroxylation is 2. The summed E-state index contributed by atoms with van der Waals surface area (Å²) in [6.07, 6.45) is 6.78. The molecular weight excluding hydrogens is 210 g/mol. The van der Waals surface area contributed by atoms with Crippen molar-refractivity contribution in [3.63, 3.8) is 0 Å². The normalized spacial score (nSPS) is 17.8. The molecule has 3 rings (SSSR count). The number of nitrogens with zero attached hydrogens (tertiary/aromatic N) is 2. The van der Waals surface area contributed by atoms with Crippen LogP contribution in [0.3, 0.4) is 0 Å². The second kappa shape index (κ2) is 4.24. The van der Waals surface area contributed by atoms with Crippen molar-refractivity contribution in [3.8, 4) is 0 Å². The minimum absolute atomic E-state index is 0.637. The van der Waals surface area contributed by atoms with Crippen molar-refractivity contribution >= 4 is 5.69 Å². The molecule has 2 heterocycles. The van der Waals surface area contributed by atoms with Crippen LogP contribution in [0.15, 0.2) is 36.9 Å². The number of benzene rings is 1. The summed E-state index contributed by atoms with van der Waals surface area (Å²) in [5.74, 6) is 0.637. The molecule has 0 spiro atoms. The first-order valence-corrected chi connectivity index (χ1v) is 6.15. The van der Waals surface area contributed by atoms with Gasteiger partial charge in [0.2, 0.25) is 0 Å². The van der Waals surface area contributed by atoms with E-state index in [1.54, 1.807) is 0 Å². The molecule has 2 aromatic rings. The lowest BCUT2D eigenvalue weighted by atomic mass is 10.00. The van der Waals surface area contributed by atoms with Crippen molar-refractivity contribution in [2.24, 2.45) is 0 Å². The lowest BCUT2D eigenvalue weighted by Gasteiger charge is -2.07. The zero-order valence-electron chi connectivity index (χ0n) is 10.1. The standard InChI is InChI=1S/C14H17N3/c1-11-9-16-14-3-2-12(8-13(11)14)4-6-17-7-5-15-10-17/h2-3,5,7-8,10-11,16H,4,6,9H2,1H3. The van der Waals surface area contributed by atoms with Crippen molar-refractivity contribution in [1.29, 1.82) is 0 Å². The zero-order valence-corrected chi connectivity index (χ0v) is 10.1. The van der Waals surface area contributed by atoms with E-state index < -0.39 is 0 Å². The topological polar surface area (TPSA) is 29.9 Å². The third-order valence-corrected chi connectivity index (χ3v) is 3.46. The van der Waals surface area contributed by atoms with Crippen LogP contribution in [0.4, 0.5) is 5.69 Å². The van der Waals surface area contributed by atoms with E-state index in [9.17, 15) is 0 Å². The highest BCUT2D eigenvalue weighted by Gasteiger charge is 2.17. The monoisotopic (exact) mass is 227 g/mol. The highest BCUT2D eigenvalue weighted by molar-refractivity contribution is 5.58. The van der Waals surface area contributed by atoms with Crippen molar-refractivity contribution in [2.75, 3.05) is 11.9 Å². The summed E-state index contributed by atoms with van der Waals surface area (Å²) < 4.78 is 2.12. The smallest absolute Gasteiger partial charge is 0.0946 e. The predicted molar refractivity (Wildman–Crippen MR) is 69.3 cm³/mol. The van der Waals surface area contributed by atoms with Gasteiger partial charge in [-0.3, -0.25) is 0 Å². The van der Waals surface area contributed by atoms with E-state index in [0.29, 0.717) is 5.92 Å². The summed E-state index contributed by atoms with van der Waals surface area (Å²) in [6.45, 7) is 4.35. The molecule has 0 saturated heterocycles. The third kappa shape index (κ3) is 2.05. The number of nitrogens with one attached hydrogen (secondary N) is 1. The van der Waals surface area contributed by atoms with E-state index in [2.05, 4.69) is 40.0 Å². The number of imidazole rings is 1. The van der Waals surface area contributed by atoms with E-state index >= 15 is 0 Å². The number of hydrogen-bond acceptors (Lipinski definition) is 2. The third-order valence-electron chi connectivity index (χ3n) is 3.46. The van der Waals surface area contributed by atoms with Crippen molar-refractivity contribution in [2.45, 2.75) is 25.8 Å². The molecular formula is C14H17N3. The van der Waals surface area contributed by atoms with E-state index in [4.69, 9.17) is 0 Å². The maximum atomic E-state index is 4.06. The Kier molecular flexibility index (Phi) is 2.59. The summed E-state index contributed by atoms with van der Waals surface area (Å²) in [5.41, 5.74) is 4.19. The first-order valence-electron chi connectivity index (χ1n) is 6.15. The highest BCUT2D eigenvalue weighted by atomic mass is 15.0. The van der Waals surface area contributed by atoms with E-state index in [1.807, 2.05) is 18.7 Å². The first kappa shape index (κ1) is 10.4. The largest absolute Gasteiger partial charge is 0.384 e. The molecule has 1 unspecified atom stereocenters. The molecule has 1 aliphatic rings. The van der Waals surface area contributed by atoms with Gasteiger partial charge < -0.3 is 9.88 Å². The number of anilines is 1. The van der Waals surface area contributed by atoms with E-state index in [1.165, 1.54) is 16.8 Å². The predicted octanol–water partition coefficient (Wildman–Crippen LogP) is 2.65. The van der Waals surface area contributed by atoms with Gasteiger partial charge in [0, 0.05) is 37.1 Å². The molecule has 0 radical (unpaired) electrons. The fraction of sp³-hybridized carbons (Fsp3) is 0.357. The maximum absolute atomic E-state index is 4.06. The van der Waals surface area contributed by atoms with Crippen LogP contribution in [0.25, 0.3) is 0 Å². The number of hydrogen-bond donors (Lipinski definition) is 1. The summed E-state index contributed by atoms with van der Waals surface area (Å²) in [4.78, 5) is 4.06. The Labute approximate surface area is 101 Å². The van der Waals surface area contributed by atoms with Crippen molar-refractivity contribution in [3.05, 3.63) is 48.0 Å². The fourth-order valence-electron chi connectivity index (χ4n) is 2.39. The van der Waals surface area contributed by atoms with Crippen molar-refractivity contribution < 1.29 is 0 Å². The molecule has 1 aromatic heterocycles. The quantitative estimate of drug-likeness (QED) is 0.873. The van der Waals surface area contributed by atoms with Gasteiger partial charge in [-0.1, -0.05) is 19.1 Å². The van der Waals surface area contributed by atoms with E-state index in [0.717, 1.165) is 19.5 Å². The summed E-state index contributed by atoms with van der Waals surface area (Å²) in [7, 11) is 0. The SMILES string of the molecule is CC1CNc2ccc(CCn3ccnc3)cc21. The molecule has 3 heteroatoms. The Morgan fingerprint density at radius 1 is 1.47 bits per heavy atom. The Morgan fingerprint density at radius 3 is 3.24 bits per heavy atom. The highest BCUT2D eigenvalue weighted by Crippen LogP contribution is 2.31. The molecule has 1 atom stereocenters. The van der Waals surface area contributed by atoms with Crippen LogP contribution in [0.2, 0.25) is 0 Å². The Bertz CT molecular complexity index is 502. The van der Waals surface area contributed by atoms with Gasteiger partial charge in [0.15, 0.2) is 0 Å². The molecule has 0 aliphatic carbocycles. The Hall–Kier alpha value is -1.77. The number of fused-ring (bicyclic) bond motifs is 1. The van der Waals surface area contributed by atoms with Gasteiger partial charge in [0.25, 0.3) is 0 Å². The molecule has 1 N–H and O–H groups in total. The number of rotatable bonds is 3. The van der Waals surface area contributed by atoms with Gasteiger partial charge in [-0.25, -0.2) is 4.98 Å². The molecule has 0 bridgehead atoms. The number of aromatic nitrogens is 2. The van der Waals surface area contributed by atoms with Crippen LogP contribution in [0, 0.1) is 0 Å². The first-order chi connectivity index (χ1) is 8.33. The molecule has 0 fully saturated rings. The Morgan fingerprint density at radius 2 is 2.41 bits per heavy atom. The molecule has 1 aliphatic heterocycles. The second-order valence-electron chi connectivity index (χ2n) is 4.75. The summed E-state index contributed by atoms with van der Waals surface area (Å²) >= 11 is 0. The van der Waals surface area contributed by atoms with Crippen LogP contribution in [0.1, 0.15) is 24.0 Å². The molecule has 1 aromatic carbocycles. The molecule has 3 nitrogen and oxygen atoms in total. The van der Waals surface area contributed by atoms with Gasteiger partial charge in [0.1, 0.15) is 0 Å². The van der Waals surface area contributed by atoms with Gasteiger partial charge >= 0.3 is 0 Å². The molecule has 88 valence electrons. The summed E-state index contributed by atoms with van der Waals surface area (Å²) in [6, 6.07) is 6.78. The summed E-state index contributed by atoms with van der Waals surface area (Å²) in [5, 5.41) is 3.43. The molecule has 0 saturated carbocycles. The van der Waals surface area contributed by atoms with E-state index in [-0.39, 0.29) is 0 Å². The fourth-order valence-corrected chi connectivity index (χ4v) is 2.39. The van der Waals surface area contributed by atoms with Crippen LogP contribution in [-0.4, -0.2) is 16.1 Å². The Balaban J connectivity index is 1.74. The van der Waals surface area contributed by atoms with Gasteiger partial charge in [-0.2, -0.15) is 0 Å². The minimum atomic E-state index is 0.637. The zero-order chi connectivity index (χ0) is 11.7. The minimum Gasteiger partial charge on any atom is -0.384 e.